The van der Waals surface area contributed by atoms with Crippen molar-refractivity contribution in [3.63, 3.8) is 0 Å². The van der Waals surface area contributed by atoms with Gasteiger partial charge >= 0.3 is 0 Å². The molecule has 15 heavy (non-hydrogen) atoms. The number of carbonyl (C=O) groups excluding carboxylic acids is 1. The maximum Gasteiger partial charge on any atom is 0.269 e. The largest absolute Gasteiger partial charge is 0.378 e. The van der Waals surface area contributed by atoms with Crippen LogP contribution in [0.3, 0.4) is 0 Å². The maximum atomic E-state index is 11.0. The molecule has 80 valence electrons. The van der Waals surface area contributed by atoms with Gasteiger partial charge in [0.25, 0.3) is 5.69 Å². The lowest BCUT2D eigenvalue weighted by Crippen LogP contribution is -2.12. The highest BCUT2D eigenvalue weighted by atomic mass is 16.6. The van der Waals surface area contributed by atoms with Gasteiger partial charge in [0.1, 0.15) is 0 Å². The first-order valence-corrected chi connectivity index (χ1v) is 4.63. The van der Waals surface area contributed by atoms with Crippen LogP contribution in [0, 0.1) is 10.1 Å². The number of carbonyl (C=O) groups is 1. The second-order valence-corrected chi connectivity index (χ2v) is 3.05. The lowest BCUT2D eigenvalue weighted by Gasteiger charge is -2.03. The number of nitrogens with one attached hydrogen (secondary N) is 1. The highest BCUT2D eigenvalue weighted by molar-refractivity contribution is 5.82. The summed E-state index contributed by atoms with van der Waals surface area (Å²) in [6.45, 7) is 2.05. The number of nitro groups is 1. The first-order valence-electron chi connectivity index (χ1n) is 4.63. The first kappa shape index (κ1) is 11.2. The van der Waals surface area contributed by atoms with Gasteiger partial charge in [0.05, 0.1) is 11.5 Å². The zero-order chi connectivity index (χ0) is 11.3. The monoisotopic (exact) mass is 208 g/mol. The molecule has 0 aliphatic carbocycles. The Kier molecular flexibility index (Phi) is 3.79. The van der Waals surface area contributed by atoms with Crippen molar-refractivity contribution in [2.24, 2.45) is 0 Å². The van der Waals surface area contributed by atoms with Crippen molar-refractivity contribution in [1.29, 1.82) is 0 Å². The van der Waals surface area contributed by atoms with Gasteiger partial charge in [-0.2, -0.15) is 0 Å². The number of non-ortho nitro benzene ring substituents is 1. The molecule has 0 bridgehead atoms. The van der Waals surface area contributed by atoms with E-state index in [-0.39, 0.29) is 18.0 Å². The second-order valence-electron chi connectivity index (χ2n) is 3.05. The van der Waals surface area contributed by atoms with Gasteiger partial charge in [-0.15, -0.1) is 0 Å². The molecule has 0 fully saturated rings. The number of ketones is 1. The van der Waals surface area contributed by atoms with Crippen LogP contribution in [-0.2, 0) is 4.79 Å². The lowest BCUT2D eigenvalue weighted by molar-refractivity contribution is -0.384. The van der Waals surface area contributed by atoms with Crippen LogP contribution in [0.15, 0.2) is 24.3 Å². The number of benzene rings is 1. The molecule has 0 atom stereocenters. The summed E-state index contributed by atoms with van der Waals surface area (Å²) in [7, 11) is 0. The molecule has 0 unspecified atom stereocenters. The van der Waals surface area contributed by atoms with Crippen LogP contribution in [0.2, 0.25) is 0 Å². The molecule has 0 aromatic heterocycles. The molecule has 0 amide bonds. The second kappa shape index (κ2) is 5.09. The minimum atomic E-state index is -0.457. The Morgan fingerprint density at radius 3 is 2.47 bits per heavy atom. The smallest absolute Gasteiger partial charge is 0.269 e. The molecule has 1 aromatic carbocycles. The number of nitro benzene ring substituents is 1. The molecular formula is C10H12N2O3. The minimum Gasteiger partial charge on any atom is -0.378 e. The normalized spacial score (nSPS) is 9.67. The number of rotatable bonds is 5. The van der Waals surface area contributed by atoms with E-state index >= 15 is 0 Å². The summed E-state index contributed by atoms with van der Waals surface area (Å²) in [4.78, 5) is 20.9. The third kappa shape index (κ3) is 3.38. The molecule has 1 N–H and O–H groups in total. The van der Waals surface area contributed by atoms with E-state index in [0.29, 0.717) is 12.1 Å². The van der Waals surface area contributed by atoms with Gasteiger partial charge < -0.3 is 5.32 Å². The minimum absolute atomic E-state index is 0.0439. The molecule has 1 rings (SSSR count). The van der Waals surface area contributed by atoms with Crippen LogP contribution in [0.25, 0.3) is 0 Å². The topological polar surface area (TPSA) is 72.2 Å². The molecule has 0 spiro atoms. The Bertz CT molecular complexity index is 359. The van der Waals surface area contributed by atoms with Crippen molar-refractivity contribution in [2.45, 2.75) is 13.3 Å². The fraction of sp³-hybridized carbons (Fsp3) is 0.300. The molecule has 1 aromatic rings. The Labute approximate surface area is 87.3 Å². The van der Waals surface area contributed by atoms with E-state index in [9.17, 15) is 14.9 Å². The molecule has 5 heteroatoms. The van der Waals surface area contributed by atoms with Crippen molar-refractivity contribution < 1.29 is 9.72 Å². The SMILES string of the molecule is CCC(=O)CNc1ccc([N+](=O)[O-])cc1. The van der Waals surface area contributed by atoms with Crippen LogP contribution in [0.5, 0.6) is 0 Å². The molecule has 0 saturated heterocycles. The third-order valence-corrected chi connectivity index (χ3v) is 1.96. The van der Waals surface area contributed by atoms with Crippen molar-refractivity contribution >= 4 is 17.2 Å². The maximum absolute atomic E-state index is 11.0. The van der Waals surface area contributed by atoms with Crippen LogP contribution in [0.1, 0.15) is 13.3 Å². The van der Waals surface area contributed by atoms with Gasteiger partial charge in [0.2, 0.25) is 0 Å². The van der Waals surface area contributed by atoms with E-state index in [1.54, 1.807) is 19.1 Å². The summed E-state index contributed by atoms with van der Waals surface area (Å²) in [5.74, 6) is 0.105. The van der Waals surface area contributed by atoms with E-state index in [1.165, 1.54) is 12.1 Å². The Morgan fingerprint density at radius 1 is 1.40 bits per heavy atom. The molecular weight excluding hydrogens is 196 g/mol. The van der Waals surface area contributed by atoms with Crippen LogP contribution in [0.4, 0.5) is 11.4 Å². The zero-order valence-electron chi connectivity index (χ0n) is 8.40. The molecule has 0 aliphatic rings. The summed E-state index contributed by atoms with van der Waals surface area (Å²) in [5, 5.41) is 13.2. The summed E-state index contributed by atoms with van der Waals surface area (Å²) in [6.07, 6.45) is 0.486. The van der Waals surface area contributed by atoms with E-state index < -0.39 is 4.92 Å². The number of hydrogen-bond acceptors (Lipinski definition) is 4. The summed E-state index contributed by atoms with van der Waals surface area (Å²) in [6, 6.07) is 5.97. The summed E-state index contributed by atoms with van der Waals surface area (Å²) >= 11 is 0. The Hall–Kier alpha value is -1.91. The van der Waals surface area contributed by atoms with Gasteiger partial charge in [-0.05, 0) is 12.1 Å². The van der Waals surface area contributed by atoms with Crippen molar-refractivity contribution in [3.05, 3.63) is 34.4 Å². The highest BCUT2D eigenvalue weighted by Crippen LogP contribution is 2.14. The van der Waals surface area contributed by atoms with Crippen LogP contribution < -0.4 is 5.32 Å². The first-order chi connectivity index (χ1) is 7.13. The van der Waals surface area contributed by atoms with Gasteiger partial charge in [-0.1, -0.05) is 6.92 Å². The van der Waals surface area contributed by atoms with Gasteiger partial charge in [-0.3, -0.25) is 14.9 Å². The van der Waals surface area contributed by atoms with Crippen LogP contribution in [-0.4, -0.2) is 17.3 Å². The predicted molar refractivity (Wildman–Crippen MR) is 56.9 cm³/mol. The van der Waals surface area contributed by atoms with Gasteiger partial charge in [-0.25, -0.2) is 0 Å². The summed E-state index contributed by atoms with van der Waals surface area (Å²) in [5.41, 5.74) is 0.754. The van der Waals surface area contributed by atoms with E-state index in [4.69, 9.17) is 0 Å². The fourth-order valence-corrected chi connectivity index (χ4v) is 1.03. The van der Waals surface area contributed by atoms with Crippen molar-refractivity contribution in [1.82, 2.24) is 0 Å². The quantitative estimate of drug-likeness (QED) is 0.593. The van der Waals surface area contributed by atoms with E-state index in [1.807, 2.05) is 0 Å². The van der Waals surface area contributed by atoms with Crippen molar-refractivity contribution in [2.75, 3.05) is 11.9 Å². The predicted octanol–water partition coefficient (Wildman–Crippen LogP) is 1.99. The molecule has 0 radical (unpaired) electrons. The number of nitrogens with zero attached hydrogens (tertiary/aromatic N) is 1. The lowest BCUT2D eigenvalue weighted by atomic mass is 10.2. The highest BCUT2D eigenvalue weighted by Gasteiger charge is 2.04. The van der Waals surface area contributed by atoms with Gasteiger partial charge in [0, 0.05) is 24.2 Å². The van der Waals surface area contributed by atoms with Crippen molar-refractivity contribution in [3.8, 4) is 0 Å². The Balaban J connectivity index is 2.57. The molecule has 0 aliphatic heterocycles. The number of Topliss-reactive ketones (excluding diaryl/α,β-unsaturated/α-hetero) is 1. The average molecular weight is 208 g/mol. The summed E-state index contributed by atoms with van der Waals surface area (Å²) < 4.78 is 0. The van der Waals surface area contributed by atoms with Crippen LogP contribution >= 0.6 is 0 Å². The van der Waals surface area contributed by atoms with Gasteiger partial charge in [0.15, 0.2) is 5.78 Å². The number of anilines is 1. The third-order valence-electron chi connectivity index (χ3n) is 1.96. The number of hydrogen-bond donors (Lipinski definition) is 1. The molecule has 5 nitrogen and oxygen atoms in total. The van der Waals surface area contributed by atoms with E-state index in [2.05, 4.69) is 5.32 Å². The zero-order valence-corrected chi connectivity index (χ0v) is 8.40. The molecule has 0 heterocycles. The average Bonchev–Trinajstić information content (AvgIpc) is 2.26. The Morgan fingerprint density at radius 2 is 2.00 bits per heavy atom. The van der Waals surface area contributed by atoms with E-state index in [0.717, 1.165) is 0 Å². The molecule has 0 saturated carbocycles. The standard InChI is InChI=1S/C10H12N2O3/c1-2-10(13)7-11-8-3-5-9(6-4-8)12(14)15/h3-6,11H,2,7H2,1H3. The fourth-order valence-electron chi connectivity index (χ4n) is 1.03.